The van der Waals surface area contributed by atoms with E-state index in [-0.39, 0.29) is 0 Å². The van der Waals surface area contributed by atoms with Gasteiger partial charge in [-0.15, -0.1) is 0 Å². The largest absolute Gasteiger partial charge is 0.492 e. The summed E-state index contributed by atoms with van der Waals surface area (Å²) < 4.78 is 42.0. The van der Waals surface area contributed by atoms with E-state index in [2.05, 4.69) is 9.72 Å². The molecule has 0 spiro atoms. The standard InChI is InChI=1S/C8H5F3N2O/c1-14-7-5(9)2-4(3-12)13-6(7)8(10)11/h2,8H,1H3. The molecule has 0 atom stereocenters. The van der Waals surface area contributed by atoms with Gasteiger partial charge in [0.25, 0.3) is 6.43 Å². The molecule has 0 saturated heterocycles. The molecule has 0 radical (unpaired) electrons. The number of methoxy groups -OCH3 is 1. The quantitative estimate of drug-likeness (QED) is 0.737. The number of hydrogen-bond acceptors (Lipinski definition) is 3. The van der Waals surface area contributed by atoms with Crippen molar-refractivity contribution < 1.29 is 17.9 Å². The molecule has 0 aromatic carbocycles. The maximum Gasteiger partial charge on any atom is 0.284 e. The van der Waals surface area contributed by atoms with Gasteiger partial charge in [-0.25, -0.2) is 18.2 Å². The van der Waals surface area contributed by atoms with Crippen molar-refractivity contribution in [3.63, 3.8) is 0 Å². The second-order valence-corrected chi connectivity index (χ2v) is 2.32. The summed E-state index contributed by atoms with van der Waals surface area (Å²) in [6.07, 6.45) is -2.98. The summed E-state index contributed by atoms with van der Waals surface area (Å²) in [5, 5.41) is 8.37. The second kappa shape index (κ2) is 3.96. The summed E-state index contributed by atoms with van der Waals surface area (Å²) in [5.74, 6) is -1.65. The molecule has 0 unspecified atom stereocenters. The van der Waals surface area contributed by atoms with Crippen molar-refractivity contribution in [2.45, 2.75) is 6.43 Å². The third-order valence-electron chi connectivity index (χ3n) is 1.48. The van der Waals surface area contributed by atoms with Crippen LogP contribution >= 0.6 is 0 Å². The highest BCUT2D eigenvalue weighted by Crippen LogP contribution is 2.29. The Labute approximate surface area is 77.7 Å². The molecule has 14 heavy (non-hydrogen) atoms. The van der Waals surface area contributed by atoms with Crippen LogP contribution in [0.25, 0.3) is 0 Å². The molecule has 0 aliphatic heterocycles. The summed E-state index contributed by atoms with van der Waals surface area (Å²) in [6, 6.07) is 2.22. The Morgan fingerprint density at radius 3 is 2.64 bits per heavy atom. The Morgan fingerprint density at radius 2 is 2.21 bits per heavy atom. The minimum atomic E-state index is -2.98. The fourth-order valence-electron chi connectivity index (χ4n) is 0.928. The molecule has 0 bridgehead atoms. The van der Waals surface area contributed by atoms with Crippen LogP contribution < -0.4 is 4.74 Å². The van der Waals surface area contributed by atoms with Gasteiger partial charge in [0.15, 0.2) is 17.3 Å². The van der Waals surface area contributed by atoms with Crippen molar-refractivity contribution in [3.8, 4) is 11.8 Å². The Kier molecular flexibility index (Phi) is 2.92. The Hall–Kier alpha value is -1.77. The fourth-order valence-corrected chi connectivity index (χ4v) is 0.928. The molecule has 6 heteroatoms. The van der Waals surface area contributed by atoms with E-state index in [9.17, 15) is 13.2 Å². The first-order valence-corrected chi connectivity index (χ1v) is 3.52. The molecular weight excluding hydrogens is 197 g/mol. The van der Waals surface area contributed by atoms with Crippen LogP contribution in [0.3, 0.4) is 0 Å². The van der Waals surface area contributed by atoms with Crippen molar-refractivity contribution in [1.29, 1.82) is 5.26 Å². The molecule has 0 fully saturated rings. The SMILES string of the molecule is COc1c(F)cc(C#N)nc1C(F)F. The first-order valence-electron chi connectivity index (χ1n) is 3.52. The first-order chi connectivity index (χ1) is 6.60. The van der Waals surface area contributed by atoms with Gasteiger partial charge in [-0.2, -0.15) is 5.26 Å². The summed E-state index contributed by atoms with van der Waals surface area (Å²) in [7, 11) is 1.05. The molecule has 1 aromatic heterocycles. The van der Waals surface area contributed by atoms with Gasteiger partial charge >= 0.3 is 0 Å². The van der Waals surface area contributed by atoms with E-state index in [4.69, 9.17) is 5.26 Å². The third-order valence-corrected chi connectivity index (χ3v) is 1.48. The summed E-state index contributed by atoms with van der Waals surface area (Å²) in [6.45, 7) is 0. The van der Waals surface area contributed by atoms with Crippen LogP contribution in [0.2, 0.25) is 0 Å². The van der Waals surface area contributed by atoms with Gasteiger partial charge in [0.05, 0.1) is 7.11 Å². The number of ether oxygens (including phenoxy) is 1. The van der Waals surface area contributed by atoms with Gasteiger partial charge in [-0.05, 0) is 0 Å². The molecule has 0 aliphatic rings. The number of nitrogens with zero attached hydrogens (tertiary/aromatic N) is 2. The van der Waals surface area contributed by atoms with E-state index < -0.39 is 29.4 Å². The van der Waals surface area contributed by atoms with E-state index in [1.807, 2.05) is 0 Å². The minimum Gasteiger partial charge on any atom is -0.492 e. The van der Waals surface area contributed by atoms with Crippen LogP contribution in [0.5, 0.6) is 5.75 Å². The van der Waals surface area contributed by atoms with Crippen LogP contribution in [-0.2, 0) is 0 Å². The Balaban J connectivity index is 3.37. The van der Waals surface area contributed by atoms with Crippen LogP contribution in [0.15, 0.2) is 6.07 Å². The smallest absolute Gasteiger partial charge is 0.284 e. The number of pyridine rings is 1. The molecule has 0 N–H and O–H groups in total. The zero-order valence-electron chi connectivity index (χ0n) is 7.09. The van der Waals surface area contributed by atoms with Gasteiger partial charge in [0.2, 0.25) is 0 Å². The topological polar surface area (TPSA) is 45.9 Å². The number of aromatic nitrogens is 1. The highest BCUT2D eigenvalue weighted by molar-refractivity contribution is 5.35. The summed E-state index contributed by atoms with van der Waals surface area (Å²) >= 11 is 0. The number of alkyl halides is 2. The van der Waals surface area contributed by atoms with Crippen molar-refractivity contribution in [1.82, 2.24) is 4.98 Å². The number of rotatable bonds is 2. The van der Waals surface area contributed by atoms with Crippen molar-refractivity contribution in [3.05, 3.63) is 23.3 Å². The number of hydrogen-bond donors (Lipinski definition) is 0. The number of nitriles is 1. The monoisotopic (exact) mass is 202 g/mol. The van der Waals surface area contributed by atoms with Crippen molar-refractivity contribution in [2.75, 3.05) is 7.11 Å². The first kappa shape index (κ1) is 10.3. The van der Waals surface area contributed by atoms with E-state index >= 15 is 0 Å². The molecule has 0 aliphatic carbocycles. The average molecular weight is 202 g/mol. The van der Waals surface area contributed by atoms with E-state index in [1.54, 1.807) is 0 Å². The van der Waals surface area contributed by atoms with Crippen LogP contribution in [0, 0.1) is 17.1 Å². The molecule has 0 saturated carbocycles. The minimum absolute atomic E-state index is 0.404. The normalized spacial score (nSPS) is 10.0. The summed E-state index contributed by atoms with van der Waals surface area (Å²) in [4.78, 5) is 3.25. The van der Waals surface area contributed by atoms with Gasteiger partial charge < -0.3 is 4.74 Å². The van der Waals surface area contributed by atoms with Gasteiger partial charge in [0, 0.05) is 6.07 Å². The highest BCUT2D eigenvalue weighted by Gasteiger charge is 2.20. The van der Waals surface area contributed by atoms with Crippen LogP contribution in [0.4, 0.5) is 13.2 Å². The Morgan fingerprint density at radius 1 is 1.57 bits per heavy atom. The molecule has 74 valence electrons. The lowest BCUT2D eigenvalue weighted by molar-refractivity contribution is 0.140. The molecular formula is C8H5F3N2O. The third kappa shape index (κ3) is 1.76. The van der Waals surface area contributed by atoms with Gasteiger partial charge in [0.1, 0.15) is 11.8 Å². The maximum atomic E-state index is 13.0. The Bertz CT molecular complexity index is 387. The fraction of sp³-hybridized carbons (Fsp3) is 0.250. The lowest BCUT2D eigenvalue weighted by Gasteiger charge is -2.07. The summed E-state index contributed by atoms with van der Waals surface area (Å²) in [5.41, 5.74) is -1.26. The second-order valence-electron chi connectivity index (χ2n) is 2.32. The van der Waals surface area contributed by atoms with Crippen LogP contribution in [-0.4, -0.2) is 12.1 Å². The van der Waals surface area contributed by atoms with Crippen molar-refractivity contribution >= 4 is 0 Å². The van der Waals surface area contributed by atoms with E-state index in [1.165, 1.54) is 6.07 Å². The van der Waals surface area contributed by atoms with Crippen LogP contribution in [0.1, 0.15) is 17.8 Å². The molecule has 3 nitrogen and oxygen atoms in total. The van der Waals surface area contributed by atoms with E-state index in [0.29, 0.717) is 0 Å². The maximum absolute atomic E-state index is 13.0. The average Bonchev–Trinajstić information content (AvgIpc) is 2.16. The van der Waals surface area contributed by atoms with E-state index in [0.717, 1.165) is 13.2 Å². The highest BCUT2D eigenvalue weighted by atomic mass is 19.3. The molecule has 1 aromatic rings. The van der Waals surface area contributed by atoms with Crippen molar-refractivity contribution in [2.24, 2.45) is 0 Å². The molecule has 0 amide bonds. The molecule has 1 rings (SSSR count). The lowest BCUT2D eigenvalue weighted by Crippen LogP contribution is -2.01. The van der Waals surface area contributed by atoms with Gasteiger partial charge in [-0.1, -0.05) is 0 Å². The zero-order chi connectivity index (χ0) is 10.7. The van der Waals surface area contributed by atoms with Gasteiger partial charge in [-0.3, -0.25) is 0 Å². The lowest BCUT2D eigenvalue weighted by atomic mass is 10.2. The zero-order valence-corrected chi connectivity index (χ0v) is 7.09. The predicted octanol–water partition coefficient (Wildman–Crippen LogP) is 2.04. The number of halogens is 3. The molecule has 1 heterocycles. The predicted molar refractivity (Wildman–Crippen MR) is 40.4 cm³/mol.